The molecular weight excluding hydrogens is 246 g/mol. The zero-order valence-electron chi connectivity index (χ0n) is 10.8. The number of thiazole rings is 1. The summed E-state index contributed by atoms with van der Waals surface area (Å²) in [6.45, 7) is 6.13. The predicted octanol–water partition coefficient (Wildman–Crippen LogP) is 1.76. The van der Waals surface area contributed by atoms with Crippen LogP contribution in [-0.4, -0.2) is 52.9 Å². The first-order chi connectivity index (χ1) is 8.74. The van der Waals surface area contributed by atoms with E-state index in [9.17, 15) is 4.79 Å². The topological polar surface area (TPSA) is 36.4 Å². The largest absolute Gasteiger partial charge is 0.336 e. The van der Waals surface area contributed by atoms with Crippen LogP contribution in [-0.2, 0) is 0 Å². The Morgan fingerprint density at radius 2 is 2.17 bits per heavy atom. The van der Waals surface area contributed by atoms with Gasteiger partial charge >= 0.3 is 0 Å². The molecule has 0 aliphatic carbocycles. The van der Waals surface area contributed by atoms with Gasteiger partial charge in [-0.15, -0.1) is 11.3 Å². The van der Waals surface area contributed by atoms with Crippen molar-refractivity contribution in [3.8, 4) is 0 Å². The van der Waals surface area contributed by atoms with Crippen LogP contribution in [0.15, 0.2) is 5.38 Å². The van der Waals surface area contributed by atoms with Gasteiger partial charge in [-0.25, -0.2) is 4.98 Å². The van der Waals surface area contributed by atoms with Gasteiger partial charge < -0.3 is 4.90 Å². The summed E-state index contributed by atoms with van der Waals surface area (Å²) in [7, 11) is 0. The number of hydrogen-bond donors (Lipinski definition) is 0. The van der Waals surface area contributed by atoms with Crippen LogP contribution in [0.4, 0.5) is 0 Å². The summed E-state index contributed by atoms with van der Waals surface area (Å²) < 4.78 is 0. The van der Waals surface area contributed by atoms with Crippen LogP contribution in [0.1, 0.15) is 34.8 Å². The zero-order valence-corrected chi connectivity index (χ0v) is 11.6. The summed E-state index contributed by atoms with van der Waals surface area (Å²) in [6.07, 6.45) is 3.75. The van der Waals surface area contributed by atoms with Crippen LogP contribution in [0, 0.1) is 6.92 Å². The molecule has 2 saturated heterocycles. The second-order valence-corrected chi connectivity index (χ2v) is 6.25. The number of aryl methyl sites for hydroxylation is 1. The Hall–Kier alpha value is -0.940. The molecule has 18 heavy (non-hydrogen) atoms. The monoisotopic (exact) mass is 265 g/mol. The lowest BCUT2D eigenvalue weighted by Gasteiger charge is -2.23. The molecule has 5 heteroatoms. The molecular formula is C13H19N3OS. The number of nitrogens with zero attached hydrogens (tertiary/aromatic N) is 3. The highest BCUT2D eigenvalue weighted by atomic mass is 32.1. The van der Waals surface area contributed by atoms with Crippen molar-refractivity contribution in [1.82, 2.24) is 14.8 Å². The van der Waals surface area contributed by atoms with Gasteiger partial charge in [0.1, 0.15) is 5.69 Å². The molecule has 2 aliphatic rings. The van der Waals surface area contributed by atoms with Crippen LogP contribution < -0.4 is 0 Å². The number of aromatic nitrogens is 1. The molecule has 4 nitrogen and oxygen atoms in total. The smallest absolute Gasteiger partial charge is 0.273 e. The molecule has 1 amide bonds. The van der Waals surface area contributed by atoms with Crippen molar-refractivity contribution in [2.75, 3.05) is 26.2 Å². The van der Waals surface area contributed by atoms with Gasteiger partial charge in [0.05, 0.1) is 5.01 Å². The third-order valence-corrected chi connectivity index (χ3v) is 4.72. The molecule has 3 rings (SSSR count). The van der Waals surface area contributed by atoms with Crippen molar-refractivity contribution in [3.63, 3.8) is 0 Å². The third kappa shape index (κ3) is 2.29. The summed E-state index contributed by atoms with van der Waals surface area (Å²) in [6, 6.07) is 0.580. The maximum Gasteiger partial charge on any atom is 0.273 e. The molecule has 3 heterocycles. The van der Waals surface area contributed by atoms with Crippen molar-refractivity contribution in [2.24, 2.45) is 0 Å². The minimum atomic E-state index is 0.112. The fraction of sp³-hybridized carbons (Fsp3) is 0.692. The van der Waals surface area contributed by atoms with Gasteiger partial charge in [-0.3, -0.25) is 9.69 Å². The highest BCUT2D eigenvalue weighted by molar-refractivity contribution is 7.09. The van der Waals surface area contributed by atoms with E-state index in [0.717, 1.165) is 24.5 Å². The Bertz CT molecular complexity index is 439. The summed E-state index contributed by atoms with van der Waals surface area (Å²) in [5.41, 5.74) is 0.625. The highest BCUT2D eigenvalue weighted by Gasteiger charge is 2.32. The van der Waals surface area contributed by atoms with Gasteiger partial charge in [-0.2, -0.15) is 0 Å². The lowest BCUT2D eigenvalue weighted by atomic mass is 10.2. The number of carbonyl (C=O) groups is 1. The van der Waals surface area contributed by atoms with Gasteiger partial charge in [0.25, 0.3) is 5.91 Å². The van der Waals surface area contributed by atoms with Gasteiger partial charge in [0.2, 0.25) is 0 Å². The summed E-state index contributed by atoms with van der Waals surface area (Å²) in [5.74, 6) is 0.112. The standard InChI is InChI=1S/C13H19N3OS/c1-10-14-12(9-18-10)13(17)16-7-4-11(8-16)15-5-2-3-6-15/h9,11H,2-8H2,1H3. The zero-order chi connectivity index (χ0) is 12.5. The van der Waals surface area contributed by atoms with Crippen LogP contribution >= 0.6 is 11.3 Å². The van der Waals surface area contributed by atoms with Gasteiger partial charge in [-0.1, -0.05) is 0 Å². The lowest BCUT2D eigenvalue weighted by Crippen LogP contribution is -2.37. The molecule has 0 radical (unpaired) electrons. The summed E-state index contributed by atoms with van der Waals surface area (Å²) >= 11 is 1.55. The first-order valence-corrected chi connectivity index (χ1v) is 7.57. The fourth-order valence-corrected chi connectivity index (χ4v) is 3.54. The fourth-order valence-electron chi connectivity index (χ4n) is 2.95. The van der Waals surface area contributed by atoms with Crippen molar-refractivity contribution in [2.45, 2.75) is 32.2 Å². The van der Waals surface area contributed by atoms with Crippen LogP contribution in [0.5, 0.6) is 0 Å². The van der Waals surface area contributed by atoms with E-state index >= 15 is 0 Å². The minimum Gasteiger partial charge on any atom is -0.336 e. The lowest BCUT2D eigenvalue weighted by molar-refractivity contribution is 0.0775. The molecule has 98 valence electrons. The maximum atomic E-state index is 12.3. The highest BCUT2D eigenvalue weighted by Crippen LogP contribution is 2.22. The average molecular weight is 265 g/mol. The number of likely N-dealkylation sites (tertiary alicyclic amines) is 2. The second kappa shape index (κ2) is 4.97. The van der Waals surface area contributed by atoms with Crippen LogP contribution in [0.25, 0.3) is 0 Å². The number of amides is 1. The summed E-state index contributed by atoms with van der Waals surface area (Å²) in [4.78, 5) is 21.1. The summed E-state index contributed by atoms with van der Waals surface area (Å²) in [5, 5.41) is 2.84. The molecule has 1 atom stereocenters. The Balaban J connectivity index is 1.63. The third-order valence-electron chi connectivity index (χ3n) is 3.95. The van der Waals surface area contributed by atoms with Gasteiger partial charge in [0, 0.05) is 24.5 Å². The minimum absolute atomic E-state index is 0.112. The van der Waals surface area contributed by atoms with Gasteiger partial charge in [-0.05, 0) is 39.3 Å². The molecule has 1 unspecified atom stereocenters. The Morgan fingerprint density at radius 1 is 1.39 bits per heavy atom. The van der Waals surface area contributed by atoms with Crippen molar-refractivity contribution in [3.05, 3.63) is 16.1 Å². The van der Waals surface area contributed by atoms with Crippen molar-refractivity contribution >= 4 is 17.2 Å². The van der Waals surface area contributed by atoms with E-state index in [0.29, 0.717) is 11.7 Å². The van der Waals surface area contributed by atoms with E-state index in [1.54, 1.807) is 11.3 Å². The Kier molecular flexibility index (Phi) is 3.35. The molecule has 1 aromatic rings. The molecule has 0 saturated carbocycles. The first-order valence-electron chi connectivity index (χ1n) is 6.69. The van der Waals surface area contributed by atoms with Crippen molar-refractivity contribution < 1.29 is 4.79 Å². The SMILES string of the molecule is Cc1nc(C(=O)N2CCC(N3CCCC3)C2)cs1. The molecule has 2 fully saturated rings. The van der Waals surface area contributed by atoms with E-state index in [2.05, 4.69) is 9.88 Å². The van der Waals surface area contributed by atoms with E-state index < -0.39 is 0 Å². The molecule has 0 N–H and O–H groups in total. The van der Waals surface area contributed by atoms with E-state index in [1.165, 1.54) is 25.9 Å². The first kappa shape index (κ1) is 12.1. The average Bonchev–Trinajstić information content (AvgIpc) is 3.09. The number of carbonyl (C=O) groups excluding carboxylic acids is 1. The maximum absolute atomic E-state index is 12.3. The Morgan fingerprint density at radius 3 is 2.83 bits per heavy atom. The quantitative estimate of drug-likeness (QED) is 0.817. The molecule has 0 spiro atoms. The van der Waals surface area contributed by atoms with E-state index in [-0.39, 0.29) is 5.91 Å². The molecule has 2 aliphatic heterocycles. The van der Waals surface area contributed by atoms with E-state index in [4.69, 9.17) is 0 Å². The second-order valence-electron chi connectivity index (χ2n) is 5.19. The normalized spacial score (nSPS) is 24.9. The van der Waals surface area contributed by atoms with E-state index in [1.807, 2.05) is 17.2 Å². The van der Waals surface area contributed by atoms with Crippen molar-refractivity contribution in [1.29, 1.82) is 0 Å². The van der Waals surface area contributed by atoms with Crippen LogP contribution in [0.3, 0.4) is 0 Å². The number of hydrogen-bond acceptors (Lipinski definition) is 4. The Labute approximate surface area is 112 Å². The molecule has 0 bridgehead atoms. The van der Waals surface area contributed by atoms with Gasteiger partial charge in [0.15, 0.2) is 0 Å². The predicted molar refractivity (Wildman–Crippen MR) is 72.0 cm³/mol. The molecule has 1 aromatic heterocycles. The molecule has 0 aromatic carbocycles. The number of rotatable bonds is 2. The van der Waals surface area contributed by atoms with Crippen LogP contribution in [0.2, 0.25) is 0 Å².